The van der Waals surface area contributed by atoms with Crippen LogP contribution in [0.5, 0.6) is 0 Å². The first-order valence-electron chi connectivity index (χ1n) is 8.81. The SMILES string of the molecule is CCCCCCCCCCCCCCSCCOS(C)=O. The van der Waals surface area contributed by atoms with Gasteiger partial charge in [-0.3, -0.25) is 4.18 Å². The van der Waals surface area contributed by atoms with E-state index in [1.807, 2.05) is 11.8 Å². The molecule has 0 aliphatic rings. The van der Waals surface area contributed by atoms with Gasteiger partial charge in [0.25, 0.3) is 0 Å². The predicted octanol–water partition coefficient (Wildman–Crippen LogP) is 5.73. The highest BCUT2D eigenvalue weighted by Gasteiger charge is 1.95. The number of rotatable bonds is 17. The van der Waals surface area contributed by atoms with Crippen LogP contribution in [0.3, 0.4) is 0 Å². The monoisotopic (exact) mass is 336 g/mol. The Kier molecular flexibility index (Phi) is 18.9. The molecule has 0 heterocycles. The Morgan fingerprint density at radius 1 is 0.762 bits per heavy atom. The van der Waals surface area contributed by atoms with Crippen LogP contribution in [0.15, 0.2) is 0 Å². The van der Waals surface area contributed by atoms with Crippen LogP contribution in [0.25, 0.3) is 0 Å². The van der Waals surface area contributed by atoms with Gasteiger partial charge in [-0.1, -0.05) is 77.6 Å². The van der Waals surface area contributed by atoms with Crippen LogP contribution in [0, 0.1) is 0 Å². The molecule has 0 rings (SSSR count). The molecule has 0 radical (unpaired) electrons. The van der Waals surface area contributed by atoms with Crippen LogP contribution < -0.4 is 0 Å². The largest absolute Gasteiger partial charge is 0.290 e. The van der Waals surface area contributed by atoms with Gasteiger partial charge in [-0.25, -0.2) is 4.21 Å². The molecule has 21 heavy (non-hydrogen) atoms. The normalized spacial score (nSPS) is 12.7. The van der Waals surface area contributed by atoms with Gasteiger partial charge in [0.05, 0.1) is 6.61 Å². The van der Waals surface area contributed by atoms with Gasteiger partial charge in [0.15, 0.2) is 11.1 Å². The van der Waals surface area contributed by atoms with Gasteiger partial charge in [-0.15, -0.1) is 0 Å². The Bertz CT molecular complexity index is 223. The van der Waals surface area contributed by atoms with Gasteiger partial charge in [-0.05, 0) is 12.2 Å². The minimum Gasteiger partial charge on any atom is -0.290 e. The third-order valence-corrected chi connectivity index (χ3v) is 5.15. The molecule has 0 spiro atoms. The summed E-state index contributed by atoms with van der Waals surface area (Å²) in [5.74, 6) is 2.19. The second kappa shape index (κ2) is 18.5. The minimum atomic E-state index is -1.10. The average Bonchev–Trinajstić information content (AvgIpc) is 2.46. The summed E-state index contributed by atoms with van der Waals surface area (Å²) in [6, 6.07) is 0. The van der Waals surface area contributed by atoms with Crippen LogP contribution in [0.4, 0.5) is 0 Å². The summed E-state index contributed by atoms with van der Waals surface area (Å²) in [6.45, 7) is 2.89. The molecule has 0 fully saturated rings. The van der Waals surface area contributed by atoms with E-state index >= 15 is 0 Å². The minimum absolute atomic E-state index is 0.617. The van der Waals surface area contributed by atoms with E-state index in [-0.39, 0.29) is 0 Å². The number of hydrogen-bond donors (Lipinski definition) is 0. The molecular formula is C17H36O2S2. The van der Waals surface area contributed by atoms with Crippen LogP contribution in [0.2, 0.25) is 0 Å². The third-order valence-electron chi connectivity index (χ3n) is 3.62. The van der Waals surface area contributed by atoms with Crippen molar-refractivity contribution in [2.45, 2.75) is 84.0 Å². The van der Waals surface area contributed by atoms with Crippen molar-refractivity contribution in [3.05, 3.63) is 0 Å². The molecular weight excluding hydrogens is 300 g/mol. The smallest absolute Gasteiger partial charge is 0.152 e. The Balaban J connectivity index is 2.95. The van der Waals surface area contributed by atoms with E-state index in [1.165, 1.54) is 82.8 Å². The first kappa shape index (κ1) is 21.5. The summed E-state index contributed by atoms with van der Waals surface area (Å²) in [4.78, 5) is 0. The highest BCUT2D eigenvalue weighted by Crippen LogP contribution is 2.13. The van der Waals surface area contributed by atoms with Crippen molar-refractivity contribution in [3.63, 3.8) is 0 Å². The predicted molar refractivity (Wildman–Crippen MR) is 98.4 cm³/mol. The fourth-order valence-corrected chi connectivity index (χ4v) is 3.59. The third kappa shape index (κ3) is 20.5. The maximum absolute atomic E-state index is 10.7. The van der Waals surface area contributed by atoms with E-state index in [4.69, 9.17) is 4.18 Å². The fraction of sp³-hybridized carbons (Fsp3) is 1.00. The quantitative estimate of drug-likeness (QED) is 0.317. The highest BCUT2D eigenvalue weighted by atomic mass is 32.2. The second-order valence-corrected chi connectivity index (χ2v) is 7.99. The Hall–Kier alpha value is 0.460. The van der Waals surface area contributed by atoms with E-state index < -0.39 is 11.1 Å². The first-order chi connectivity index (χ1) is 10.3. The topological polar surface area (TPSA) is 26.3 Å². The number of unbranched alkanes of at least 4 members (excludes halogenated alkanes) is 11. The zero-order valence-corrected chi connectivity index (χ0v) is 15.9. The lowest BCUT2D eigenvalue weighted by Crippen LogP contribution is -1.99. The summed E-state index contributed by atoms with van der Waals surface area (Å²) in [7, 11) is 0. The van der Waals surface area contributed by atoms with Gasteiger partial charge in [0, 0.05) is 12.0 Å². The molecule has 1 unspecified atom stereocenters. The molecule has 4 heteroatoms. The van der Waals surface area contributed by atoms with Crippen molar-refractivity contribution < 1.29 is 8.39 Å². The molecule has 0 saturated carbocycles. The van der Waals surface area contributed by atoms with Gasteiger partial charge in [0.2, 0.25) is 0 Å². The molecule has 0 aliphatic heterocycles. The number of thioether (sulfide) groups is 1. The first-order valence-corrected chi connectivity index (χ1v) is 11.5. The lowest BCUT2D eigenvalue weighted by atomic mass is 10.1. The molecule has 128 valence electrons. The van der Waals surface area contributed by atoms with E-state index in [9.17, 15) is 4.21 Å². The molecule has 0 aromatic heterocycles. The van der Waals surface area contributed by atoms with Gasteiger partial charge < -0.3 is 0 Å². The Morgan fingerprint density at radius 2 is 1.24 bits per heavy atom. The molecule has 0 bridgehead atoms. The van der Waals surface area contributed by atoms with E-state index in [1.54, 1.807) is 6.26 Å². The van der Waals surface area contributed by atoms with Crippen LogP contribution >= 0.6 is 11.8 Å². The zero-order chi connectivity index (χ0) is 15.6. The van der Waals surface area contributed by atoms with Gasteiger partial charge in [0.1, 0.15) is 0 Å². The standard InChI is InChI=1S/C17H36O2S2/c1-3-4-5-6-7-8-9-10-11-12-13-14-16-20-17-15-19-21(2)18/h3-17H2,1-2H3. The highest BCUT2D eigenvalue weighted by molar-refractivity contribution is 7.99. The maximum atomic E-state index is 10.7. The molecule has 0 saturated heterocycles. The molecule has 0 N–H and O–H groups in total. The summed E-state index contributed by atoms with van der Waals surface area (Å²) < 4.78 is 15.7. The summed E-state index contributed by atoms with van der Waals surface area (Å²) in [5.41, 5.74) is 0. The van der Waals surface area contributed by atoms with Crippen LogP contribution in [-0.2, 0) is 15.3 Å². The molecule has 2 nitrogen and oxygen atoms in total. The van der Waals surface area contributed by atoms with Crippen LogP contribution in [0.1, 0.15) is 84.0 Å². The zero-order valence-electron chi connectivity index (χ0n) is 14.2. The second-order valence-electron chi connectivity index (χ2n) is 5.72. The lowest BCUT2D eigenvalue weighted by Gasteiger charge is -2.03. The van der Waals surface area contributed by atoms with Crippen molar-refractivity contribution in [1.29, 1.82) is 0 Å². The van der Waals surface area contributed by atoms with Crippen LogP contribution in [-0.4, -0.2) is 28.6 Å². The van der Waals surface area contributed by atoms with Crippen molar-refractivity contribution in [3.8, 4) is 0 Å². The number of hydrogen-bond acceptors (Lipinski definition) is 3. The molecule has 0 aliphatic carbocycles. The molecule has 0 aromatic carbocycles. The Morgan fingerprint density at radius 3 is 1.71 bits per heavy atom. The maximum Gasteiger partial charge on any atom is 0.152 e. The van der Waals surface area contributed by atoms with Crippen molar-refractivity contribution in [2.24, 2.45) is 0 Å². The van der Waals surface area contributed by atoms with Crippen molar-refractivity contribution >= 4 is 22.8 Å². The summed E-state index contributed by atoms with van der Waals surface area (Å²) >= 11 is 0.821. The lowest BCUT2D eigenvalue weighted by molar-refractivity contribution is 0.378. The molecule has 1 atom stereocenters. The van der Waals surface area contributed by atoms with E-state index in [0.717, 1.165) is 5.75 Å². The molecule has 0 aromatic rings. The summed E-state index contributed by atoms with van der Waals surface area (Å²) in [5, 5.41) is 0. The Labute approximate surface area is 139 Å². The van der Waals surface area contributed by atoms with Crippen molar-refractivity contribution in [2.75, 3.05) is 24.4 Å². The van der Waals surface area contributed by atoms with Gasteiger partial charge in [-0.2, -0.15) is 11.8 Å². The summed E-state index contributed by atoms with van der Waals surface area (Å²) in [6.07, 6.45) is 18.5. The van der Waals surface area contributed by atoms with Crippen molar-refractivity contribution in [1.82, 2.24) is 0 Å². The van der Waals surface area contributed by atoms with E-state index in [0.29, 0.717) is 6.61 Å². The molecule has 0 amide bonds. The van der Waals surface area contributed by atoms with Gasteiger partial charge >= 0.3 is 0 Å². The van der Waals surface area contributed by atoms with E-state index in [2.05, 4.69) is 6.92 Å². The fourth-order valence-electron chi connectivity index (χ4n) is 2.36. The average molecular weight is 337 g/mol.